The standard InChI is InChI=1S/C15H18N4O2/c1-3-11(16-12(20)4-2)13-15(21)17-14(19-18-13)10-8-6-5-7-9-10/h5-9,11H,3-4H2,1-2H3,(H,16,20)(H,17,19,21). The molecule has 0 saturated heterocycles. The molecule has 0 aliphatic heterocycles. The van der Waals surface area contributed by atoms with Crippen LogP contribution in [0.3, 0.4) is 0 Å². The lowest BCUT2D eigenvalue weighted by molar-refractivity contribution is -0.121. The minimum absolute atomic E-state index is 0.116. The molecule has 1 atom stereocenters. The van der Waals surface area contributed by atoms with E-state index in [0.717, 1.165) is 5.56 Å². The number of amides is 1. The summed E-state index contributed by atoms with van der Waals surface area (Å²) in [7, 11) is 0. The van der Waals surface area contributed by atoms with Gasteiger partial charge in [0.2, 0.25) is 5.91 Å². The molecule has 0 radical (unpaired) electrons. The summed E-state index contributed by atoms with van der Waals surface area (Å²) in [6.45, 7) is 3.64. The lowest BCUT2D eigenvalue weighted by atomic mass is 10.1. The van der Waals surface area contributed by atoms with Crippen molar-refractivity contribution in [3.05, 3.63) is 46.4 Å². The Labute approximate surface area is 122 Å². The monoisotopic (exact) mass is 286 g/mol. The highest BCUT2D eigenvalue weighted by atomic mass is 16.2. The van der Waals surface area contributed by atoms with Crippen molar-refractivity contribution >= 4 is 5.91 Å². The number of nitrogens with one attached hydrogen (secondary N) is 2. The number of hydrogen-bond donors (Lipinski definition) is 2. The second-order valence-electron chi connectivity index (χ2n) is 4.64. The molecule has 0 aliphatic carbocycles. The van der Waals surface area contributed by atoms with E-state index in [-0.39, 0.29) is 17.2 Å². The first kappa shape index (κ1) is 14.9. The zero-order valence-electron chi connectivity index (χ0n) is 12.1. The van der Waals surface area contributed by atoms with E-state index in [1.807, 2.05) is 37.3 Å². The van der Waals surface area contributed by atoms with Crippen LogP contribution in [0.25, 0.3) is 11.4 Å². The van der Waals surface area contributed by atoms with Gasteiger partial charge in [0.15, 0.2) is 11.5 Å². The fourth-order valence-electron chi connectivity index (χ4n) is 1.96. The minimum Gasteiger partial charge on any atom is -0.347 e. The Kier molecular flexibility index (Phi) is 4.81. The van der Waals surface area contributed by atoms with Gasteiger partial charge in [-0.15, -0.1) is 10.2 Å². The molecular formula is C15H18N4O2. The van der Waals surface area contributed by atoms with E-state index >= 15 is 0 Å². The molecule has 1 aromatic carbocycles. The molecule has 2 aromatic rings. The lowest BCUT2D eigenvalue weighted by Crippen LogP contribution is -2.33. The summed E-state index contributed by atoms with van der Waals surface area (Å²) in [5, 5.41) is 10.8. The van der Waals surface area contributed by atoms with Gasteiger partial charge in [-0.05, 0) is 6.42 Å². The first-order chi connectivity index (χ1) is 10.2. The molecule has 110 valence electrons. The van der Waals surface area contributed by atoms with Crippen molar-refractivity contribution in [2.75, 3.05) is 0 Å². The quantitative estimate of drug-likeness (QED) is 0.877. The zero-order valence-corrected chi connectivity index (χ0v) is 12.1. The highest BCUT2D eigenvalue weighted by molar-refractivity contribution is 5.75. The summed E-state index contributed by atoms with van der Waals surface area (Å²) in [5.74, 6) is 0.302. The van der Waals surface area contributed by atoms with E-state index in [0.29, 0.717) is 18.7 Å². The molecule has 0 saturated carbocycles. The van der Waals surface area contributed by atoms with Crippen LogP contribution < -0.4 is 10.9 Å². The molecule has 1 heterocycles. The van der Waals surface area contributed by atoms with Crippen molar-refractivity contribution in [2.45, 2.75) is 32.7 Å². The predicted octanol–water partition coefficient (Wildman–Crippen LogP) is 1.81. The number of aromatic amines is 1. The van der Waals surface area contributed by atoms with E-state index in [4.69, 9.17) is 0 Å². The van der Waals surface area contributed by atoms with Crippen LogP contribution in [0.4, 0.5) is 0 Å². The number of nitrogens with zero attached hydrogens (tertiary/aromatic N) is 2. The molecule has 6 heteroatoms. The Morgan fingerprint density at radius 1 is 1.24 bits per heavy atom. The topological polar surface area (TPSA) is 87.7 Å². The Hall–Kier alpha value is -2.50. The molecule has 1 amide bonds. The lowest BCUT2D eigenvalue weighted by Gasteiger charge is -2.14. The van der Waals surface area contributed by atoms with Crippen LogP contribution in [0.15, 0.2) is 35.1 Å². The molecule has 2 rings (SSSR count). The molecule has 0 bridgehead atoms. The number of benzene rings is 1. The van der Waals surface area contributed by atoms with E-state index in [1.165, 1.54) is 0 Å². The maximum atomic E-state index is 12.2. The molecule has 2 N–H and O–H groups in total. The summed E-state index contributed by atoms with van der Waals surface area (Å²) in [6, 6.07) is 8.88. The van der Waals surface area contributed by atoms with Crippen LogP contribution in [-0.4, -0.2) is 21.1 Å². The smallest absolute Gasteiger partial charge is 0.275 e. The molecule has 1 aromatic heterocycles. The van der Waals surface area contributed by atoms with E-state index in [2.05, 4.69) is 20.5 Å². The largest absolute Gasteiger partial charge is 0.347 e. The molecule has 0 spiro atoms. The van der Waals surface area contributed by atoms with Crippen LogP contribution in [-0.2, 0) is 4.79 Å². The van der Waals surface area contributed by atoms with Gasteiger partial charge < -0.3 is 10.3 Å². The summed E-state index contributed by atoms with van der Waals surface area (Å²) >= 11 is 0. The fraction of sp³-hybridized carbons (Fsp3) is 0.333. The minimum atomic E-state index is -0.418. The van der Waals surface area contributed by atoms with Gasteiger partial charge in [-0.2, -0.15) is 0 Å². The Bertz CT molecular complexity index is 667. The molecule has 21 heavy (non-hydrogen) atoms. The Morgan fingerprint density at radius 2 is 1.95 bits per heavy atom. The Balaban J connectivity index is 2.30. The third-order valence-corrected chi connectivity index (χ3v) is 3.16. The van der Waals surface area contributed by atoms with Gasteiger partial charge in [0.1, 0.15) is 0 Å². The number of H-pyrrole nitrogens is 1. The van der Waals surface area contributed by atoms with Crippen LogP contribution in [0.5, 0.6) is 0 Å². The van der Waals surface area contributed by atoms with Crippen molar-refractivity contribution in [2.24, 2.45) is 0 Å². The third kappa shape index (κ3) is 3.53. The number of carbonyl (C=O) groups excluding carboxylic acids is 1. The van der Waals surface area contributed by atoms with E-state index in [1.54, 1.807) is 6.92 Å². The average Bonchev–Trinajstić information content (AvgIpc) is 2.53. The van der Waals surface area contributed by atoms with Gasteiger partial charge in [0.05, 0.1) is 6.04 Å². The van der Waals surface area contributed by atoms with Crippen molar-refractivity contribution < 1.29 is 4.79 Å². The number of hydrogen-bond acceptors (Lipinski definition) is 4. The van der Waals surface area contributed by atoms with E-state index < -0.39 is 6.04 Å². The summed E-state index contributed by atoms with van der Waals surface area (Å²) in [5.41, 5.74) is 0.699. The summed E-state index contributed by atoms with van der Waals surface area (Å²) < 4.78 is 0. The molecular weight excluding hydrogens is 268 g/mol. The van der Waals surface area contributed by atoms with Crippen LogP contribution in [0.2, 0.25) is 0 Å². The number of rotatable bonds is 5. The van der Waals surface area contributed by atoms with Gasteiger partial charge in [-0.1, -0.05) is 44.2 Å². The van der Waals surface area contributed by atoms with Gasteiger partial charge in [0, 0.05) is 12.0 Å². The van der Waals surface area contributed by atoms with E-state index in [9.17, 15) is 9.59 Å². The highest BCUT2D eigenvalue weighted by Crippen LogP contribution is 2.13. The fourth-order valence-corrected chi connectivity index (χ4v) is 1.96. The van der Waals surface area contributed by atoms with Gasteiger partial charge in [-0.25, -0.2) is 0 Å². The third-order valence-electron chi connectivity index (χ3n) is 3.16. The van der Waals surface area contributed by atoms with Crippen molar-refractivity contribution in [3.63, 3.8) is 0 Å². The maximum Gasteiger partial charge on any atom is 0.275 e. The first-order valence-electron chi connectivity index (χ1n) is 6.97. The predicted molar refractivity (Wildman–Crippen MR) is 79.6 cm³/mol. The maximum absolute atomic E-state index is 12.2. The second-order valence-corrected chi connectivity index (χ2v) is 4.64. The number of aromatic nitrogens is 3. The van der Waals surface area contributed by atoms with Crippen molar-refractivity contribution in [1.82, 2.24) is 20.5 Å². The highest BCUT2D eigenvalue weighted by Gasteiger charge is 2.18. The Morgan fingerprint density at radius 3 is 2.52 bits per heavy atom. The van der Waals surface area contributed by atoms with Gasteiger partial charge >= 0.3 is 0 Å². The second kappa shape index (κ2) is 6.78. The zero-order chi connectivity index (χ0) is 15.2. The van der Waals surface area contributed by atoms with Crippen molar-refractivity contribution in [1.29, 1.82) is 0 Å². The number of carbonyl (C=O) groups is 1. The molecule has 6 nitrogen and oxygen atoms in total. The van der Waals surface area contributed by atoms with Crippen LogP contribution in [0, 0.1) is 0 Å². The van der Waals surface area contributed by atoms with Crippen LogP contribution >= 0.6 is 0 Å². The summed E-state index contributed by atoms with van der Waals surface area (Å²) in [4.78, 5) is 26.4. The van der Waals surface area contributed by atoms with Gasteiger partial charge in [0.25, 0.3) is 5.56 Å². The van der Waals surface area contributed by atoms with Crippen LogP contribution in [0.1, 0.15) is 38.4 Å². The van der Waals surface area contributed by atoms with Gasteiger partial charge in [-0.3, -0.25) is 9.59 Å². The SMILES string of the molecule is CCC(=O)NC(CC)c1nnc(-c2ccccc2)[nH]c1=O. The van der Waals surface area contributed by atoms with Crippen molar-refractivity contribution in [3.8, 4) is 11.4 Å². The molecule has 1 unspecified atom stereocenters. The molecule has 0 fully saturated rings. The molecule has 0 aliphatic rings. The normalized spacial score (nSPS) is 11.9. The first-order valence-corrected chi connectivity index (χ1v) is 6.97. The average molecular weight is 286 g/mol. The summed E-state index contributed by atoms with van der Waals surface area (Å²) in [6.07, 6.45) is 0.943.